The number of benzene rings is 1. The molecule has 4 heteroatoms. The van der Waals surface area contributed by atoms with Crippen LogP contribution in [0.25, 0.3) is 0 Å². The van der Waals surface area contributed by atoms with Crippen molar-refractivity contribution in [2.75, 3.05) is 27.2 Å². The summed E-state index contributed by atoms with van der Waals surface area (Å²) in [7, 11) is 4.02. The second-order valence-corrected chi connectivity index (χ2v) is 5.92. The van der Waals surface area contributed by atoms with E-state index in [1.807, 2.05) is 0 Å². The van der Waals surface area contributed by atoms with E-state index in [4.69, 9.17) is 4.74 Å². The second-order valence-electron chi connectivity index (χ2n) is 5.60. The molecule has 1 aromatic carbocycles. The number of ether oxygens (including phenoxy) is 1. The molecule has 0 radical (unpaired) electrons. The van der Waals surface area contributed by atoms with Crippen LogP contribution in [0, 0.1) is 5.92 Å². The van der Waals surface area contributed by atoms with Gasteiger partial charge in [-0.3, -0.25) is 0 Å². The van der Waals surface area contributed by atoms with Crippen LogP contribution in [0.15, 0.2) is 12.1 Å². The van der Waals surface area contributed by atoms with Crippen LogP contribution in [0.2, 0.25) is 0 Å². The maximum Gasteiger partial charge on any atom is 0.122 e. The minimum atomic E-state index is 0. The second kappa shape index (κ2) is 5.94. The number of fused-ring (bicyclic) bond motifs is 3. The van der Waals surface area contributed by atoms with Crippen LogP contribution in [0.4, 0.5) is 0 Å². The molecular formula is C15H22ClNOS. The molecule has 0 spiro atoms. The van der Waals surface area contributed by atoms with E-state index < -0.39 is 0 Å². The van der Waals surface area contributed by atoms with E-state index in [9.17, 15) is 0 Å². The van der Waals surface area contributed by atoms with Gasteiger partial charge in [0.15, 0.2) is 0 Å². The third-order valence-electron chi connectivity index (χ3n) is 4.56. The third-order valence-corrected chi connectivity index (χ3v) is 4.90. The highest BCUT2D eigenvalue weighted by molar-refractivity contribution is 7.79. The number of nitrogens with zero attached hydrogens (tertiary/aromatic N) is 1. The van der Waals surface area contributed by atoms with Crippen molar-refractivity contribution >= 4 is 25.0 Å². The molecule has 2 aliphatic rings. The molecule has 0 saturated carbocycles. The lowest BCUT2D eigenvalue weighted by molar-refractivity contribution is 0.379. The Bertz CT molecular complexity index is 466. The standard InChI is InChI=1S/C15H21NOS.ClH/c1-16-7-10-3-5-12-11(9-18)4-6-14(17-2)15(12)13(10)8-16;/h4,6,10,13,18H,3,5,7-9H2,1-2H3;1H. The molecule has 1 aliphatic heterocycles. The predicted octanol–water partition coefficient (Wildman–Crippen LogP) is 3.14. The molecule has 0 amide bonds. The topological polar surface area (TPSA) is 12.5 Å². The van der Waals surface area contributed by atoms with Gasteiger partial charge in [0, 0.05) is 30.3 Å². The first-order valence-electron chi connectivity index (χ1n) is 6.72. The molecule has 1 saturated heterocycles. The number of likely N-dealkylation sites (N-methyl/N-ethyl adjacent to an activating group) is 1. The summed E-state index contributed by atoms with van der Waals surface area (Å²) in [5, 5.41) is 0. The van der Waals surface area contributed by atoms with Crippen molar-refractivity contribution in [3.8, 4) is 5.75 Å². The average Bonchev–Trinajstić information content (AvgIpc) is 2.77. The van der Waals surface area contributed by atoms with Crippen LogP contribution in [0.1, 0.15) is 29.0 Å². The first-order chi connectivity index (χ1) is 8.74. The number of halogens is 1. The van der Waals surface area contributed by atoms with Crippen molar-refractivity contribution < 1.29 is 4.74 Å². The summed E-state index contributed by atoms with van der Waals surface area (Å²) in [4.78, 5) is 2.46. The zero-order chi connectivity index (χ0) is 12.7. The highest BCUT2D eigenvalue weighted by Gasteiger charge is 2.38. The summed E-state index contributed by atoms with van der Waals surface area (Å²) in [5.41, 5.74) is 4.38. The summed E-state index contributed by atoms with van der Waals surface area (Å²) in [6, 6.07) is 4.31. The Morgan fingerprint density at radius 3 is 2.84 bits per heavy atom. The Balaban J connectivity index is 0.00000133. The van der Waals surface area contributed by atoms with Gasteiger partial charge >= 0.3 is 0 Å². The number of hydrogen-bond acceptors (Lipinski definition) is 3. The normalized spacial score (nSPS) is 25.4. The van der Waals surface area contributed by atoms with Gasteiger partial charge in [0.2, 0.25) is 0 Å². The van der Waals surface area contributed by atoms with E-state index in [2.05, 4.69) is 36.7 Å². The highest BCUT2D eigenvalue weighted by atomic mass is 35.5. The van der Waals surface area contributed by atoms with Gasteiger partial charge in [-0.25, -0.2) is 0 Å². The molecule has 0 N–H and O–H groups in total. The van der Waals surface area contributed by atoms with Crippen LogP contribution in [0.3, 0.4) is 0 Å². The summed E-state index contributed by atoms with van der Waals surface area (Å²) >= 11 is 4.47. The molecule has 3 rings (SSSR count). The first-order valence-corrected chi connectivity index (χ1v) is 7.36. The van der Waals surface area contributed by atoms with Crippen molar-refractivity contribution in [3.63, 3.8) is 0 Å². The smallest absolute Gasteiger partial charge is 0.122 e. The van der Waals surface area contributed by atoms with Crippen molar-refractivity contribution in [2.45, 2.75) is 24.5 Å². The maximum absolute atomic E-state index is 5.61. The van der Waals surface area contributed by atoms with Crippen LogP contribution in [-0.4, -0.2) is 32.1 Å². The fourth-order valence-electron chi connectivity index (χ4n) is 3.75. The molecule has 1 heterocycles. The lowest BCUT2D eigenvalue weighted by atomic mass is 9.75. The molecule has 2 nitrogen and oxygen atoms in total. The van der Waals surface area contributed by atoms with Gasteiger partial charge in [-0.15, -0.1) is 12.4 Å². The Morgan fingerprint density at radius 2 is 2.16 bits per heavy atom. The molecule has 1 fully saturated rings. The SMILES string of the molecule is COc1ccc(CS)c2c1C1CN(C)CC1CC2.Cl. The largest absolute Gasteiger partial charge is 0.496 e. The molecule has 2 atom stereocenters. The van der Waals surface area contributed by atoms with Crippen molar-refractivity contribution in [1.29, 1.82) is 0 Å². The zero-order valence-electron chi connectivity index (χ0n) is 11.6. The molecular weight excluding hydrogens is 278 g/mol. The predicted molar refractivity (Wildman–Crippen MR) is 85.0 cm³/mol. The molecule has 0 aromatic heterocycles. The highest BCUT2D eigenvalue weighted by Crippen LogP contribution is 2.46. The van der Waals surface area contributed by atoms with Crippen LogP contribution >= 0.6 is 25.0 Å². The number of hydrogen-bond donors (Lipinski definition) is 1. The van der Waals surface area contributed by atoms with Gasteiger partial charge in [-0.1, -0.05) is 6.07 Å². The van der Waals surface area contributed by atoms with Crippen molar-refractivity contribution in [2.24, 2.45) is 5.92 Å². The van der Waals surface area contributed by atoms with Gasteiger partial charge in [0.05, 0.1) is 7.11 Å². The van der Waals surface area contributed by atoms with E-state index in [1.165, 1.54) is 42.6 Å². The monoisotopic (exact) mass is 299 g/mol. The Labute approximate surface area is 127 Å². The van der Waals surface area contributed by atoms with Gasteiger partial charge in [0.1, 0.15) is 5.75 Å². The van der Waals surface area contributed by atoms with Gasteiger partial charge < -0.3 is 9.64 Å². The number of rotatable bonds is 2. The molecule has 19 heavy (non-hydrogen) atoms. The van der Waals surface area contributed by atoms with Crippen LogP contribution < -0.4 is 4.74 Å². The molecule has 0 bridgehead atoms. The van der Waals surface area contributed by atoms with Crippen LogP contribution in [0.5, 0.6) is 5.75 Å². The molecule has 2 unspecified atom stereocenters. The Kier molecular flexibility index (Phi) is 4.70. The third kappa shape index (κ3) is 2.48. The lowest BCUT2D eigenvalue weighted by Crippen LogP contribution is -2.21. The summed E-state index contributed by atoms with van der Waals surface area (Å²) in [5.74, 6) is 3.39. The number of methoxy groups -OCH3 is 1. The van der Waals surface area contributed by atoms with Crippen molar-refractivity contribution in [1.82, 2.24) is 4.90 Å². The Hall–Kier alpha value is -0.380. The quantitative estimate of drug-likeness (QED) is 0.842. The lowest BCUT2D eigenvalue weighted by Gasteiger charge is -2.30. The Morgan fingerprint density at radius 1 is 1.37 bits per heavy atom. The number of likely N-dealkylation sites (tertiary alicyclic amines) is 1. The zero-order valence-corrected chi connectivity index (χ0v) is 13.3. The summed E-state index contributed by atoms with van der Waals surface area (Å²) in [6.07, 6.45) is 2.51. The van der Waals surface area contributed by atoms with Gasteiger partial charge in [-0.05, 0) is 43.0 Å². The summed E-state index contributed by atoms with van der Waals surface area (Å²) < 4.78 is 5.61. The first kappa shape index (κ1) is 15.0. The van der Waals surface area contributed by atoms with Crippen LogP contribution in [-0.2, 0) is 12.2 Å². The molecule has 1 aromatic rings. The van der Waals surface area contributed by atoms with Gasteiger partial charge in [-0.2, -0.15) is 12.6 Å². The fraction of sp³-hybridized carbons (Fsp3) is 0.600. The van der Waals surface area contributed by atoms with E-state index in [0.29, 0.717) is 5.92 Å². The van der Waals surface area contributed by atoms with Crippen molar-refractivity contribution in [3.05, 3.63) is 28.8 Å². The number of thiol groups is 1. The summed E-state index contributed by atoms with van der Waals surface area (Å²) in [6.45, 7) is 2.41. The molecule has 106 valence electrons. The van der Waals surface area contributed by atoms with E-state index in [-0.39, 0.29) is 12.4 Å². The van der Waals surface area contributed by atoms with E-state index >= 15 is 0 Å². The van der Waals surface area contributed by atoms with Gasteiger partial charge in [0.25, 0.3) is 0 Å². The van der Waals surface area contributed by atoms with E-state index in [1.54, 1.807) is 7.11 Å². The van der Waals surface area contributed by atoms with E-state index in [0.717, 1.165) is 17.4 Å². The minimum Gasteiger partial charge on any atom is -0.496 e. The molecule has 1 aliphatic carbocycles. The minimum absolute atomic E-state index is 0. The average molecular weight is 300 g/mol. The fourth-order valence-corrected chi connectivity index (χ4v) is 4.05. The maximum atomic E-state index is 5.61.